The van der Waals surface area contributed by atoms with E-state index in [1.54, 1.807) is 4.57 Å². The van der Waals surface area contributed by atoms with Crippen LogP contribution in [0.15, 0.2) is 24.3 Å². The third-order valence-corrected chi connectivity index (χ3v) is 4.74. The molecule has 1 aromatic carbocycles. The van der Waals surface area contributed by atoms with Crippen LogP contribution in [0.25, 0.3) is 11.0 Å². The molecule has 0 amide bonds. The first-order chi connectivity index (χ1) is 10.1. The highest BCUT2D eigenvalue weighted by atomic mass is 35.5. The highest BCUT2D eigenvalue weighted by Crippen LogP contribution is 2.25. The topological polar surface area (TPSA) is 17.8 Å². The Hall–Kier alpha value is -1.17. The minimum atomic E-state index is -0.888. The highest BCUT2D eigenvalue weighted by molar-refractivity contribution is 7.16. The van der Waals surface area contributed by atoms with Gasteiger partial charge >= 0.3 is 0 Å². The van der Waals surface area contributed by atoms with Gasteiger partial charge in [-0.1, -0.05) is 11.6 Å². The van der Waals surface area contributed by atoms with Crippen molar-refractivity contribution in [2.75, 3.05) is 0 Å². The van der Waals surface area contributed by atoms with Crippen LogP contribution in [0.5, 0.6) is 0 Å². The maximum atomic E-state index is 14.0. The average molecular weight is 347 g/mol. The average Bonchev–Trinajstić information content (AvgIpc) is 3.04. The third kappa shape index (κ3) is 2.78. The molecule has 0 atom stereocenters. The Morgan fingerprint density at radius 3 is 2.67 bits per heavy atom. The molecule has 0 radical (unpaired) electrons. The predicted octanol–water partition coefficient (Wildman–Crippen LogP) is 5.01. The van der Waals surface area contributed by atoms with Crippen molar-refractivity contribution >= 4 is 45.6 Å². The van der Waals surface area contributed by atoms with Crippen LogP contribution in [-0.2, 0) is 18.8 Å². The van der Waals surface area contributed by atoms with Gasteiger partial charge in [0, 0.05) is 11.4 Å². The van der Waals surface area contributed by atoms with Gasteiger partial charge in [-0.15, -0.1) is 22.9 Å². The van der Waals surface area contributed by atoms with E-state index in [0.717, 1.165) is 10.9 Å². The van der Waals surface area contributed by atoms with Gasteiger partial charge < -0.3 is 4.57 Å². The van der Waals surface area contributed by atoms with E-state index in [-0.39, 0.29) is 11.4 Å². The predicted molar refractivity (Wildman–Crippen MR) is 82.2 cm³/mol. The van der Waals surface area contributed by atoms with Crippen molar-refractivity contribution in [3.63, 3.8) is 0 Å². The lowest BCUT2D eigenvalue weighted by molar-refractivity contribution is 0.510. The van der Waals surface area contributed by atoms with Gasteiger partial charge in [0.15, 0.2) is 11.6 Å². The van der Waals surface area contributed by atoms with Gasteiger partial charge in [-0.3, -0.25) is 0 Å². The number of rotatable bonds is 4. The lowest BCUT2D eigenvalue weighted by Gasteiger charge is -2.07. The normalized spacial score (nSPS) is 11.4. The van der Waals surface area contributed by atoms with Gasteiger partial charge in [-0.05, 0) is 30.7 Å². The van der Waals surface area contributed by atoms with Crippen LogP contribution in [-0.4, -0.2) is 9.55 Å². The lowest BCUT2D eigenvalue weighted by atomic mass is 10.2. The van der Waals surface area contributed by atoms with Crippen molar-refractivity contribution in [3.8, 4) is 0 Å². The van der Waals surface area contributed by atoms with Crippen LogP contribution >= 0.6 is 34.5 Å². The number of hydrogen-bond acceptors (Lipinski definition) is 2. The quantitative estimate of drug-likeness (QED) is 0.607. The summed E-state index contributed by atoms with van der Waals surface area (Å²) in [5.74, 6) is -1.11. The van der Waals surface area contributed by atoms with Gasteiger partial charge in [0.1, 0.15) is 11.3 Å². The van der Waals surface area contributed by atoms with Crippen LogP contribution in [0, 0.1) is 11.6 Å². The summed E-state index contributed by atoms with van der Waals surface area (Å²) in [6, 6.07) is 6.27. The summed E-state index contributed by atoms with van der Waals surface area (Å²) in [4.78, 5) is 5.32. The summed E-state index contributed by atoms with van der Waals surface area (Å²) in [7, 11) is 0. The largest absolute Gasteiger partial charge is 0.324 e. The molecule has 2 heterocycles. The molecule has 0 fully saturated rings. The van der Waals surface area contributed by atoms with E-state index >= 15 is 0 Å². The standard InChI is InChI=1S/C14H10Cl2F2N2S/c15-7-12-19-10-3-2-9(17)13(18)14(10)20(12)6-5-8-1-4-11(16)21-8/h1-4H,5-7H2. The molecule has 7 heteroatoms. The molecule has 0 aliphatic heterocycles. The molecule has 0 saturated heterocycles. The molecule has 110 valence electrons. The van der Waals surface area contributed by atoms with Gasteiger partial charge in [-0.2, -0.15) is 0 Å². The second-order valence-corrected chi connectivity index (χ2v) is 6.57. The van der Waals surface area contributed by atoms with Gasteiger partial charge in [0.05, 0.1) is 15.7 Å². The molecular weight excluding hydrogens is 337 g/mol. The molecule has 0 aliphatic rings. The van der Waals surface area contributed by atoms with Crippen molar-refractivity contribution in [2.45, 2.75) is 18.8 Å². The first kappa shape index (κ1) is 14.8. The number of aryl methyl sites for hydroxylation is 2. The highest BCUT2D eigenvalue weighted by Gasteiger charge is 2.17. The number of thiophene rings is 1. The maximum Gasteiger partial charge on any atom is 0.184 e. The number of nitrogens with zero attached hydrogens (tertiary/aromatic N) is 2. The van der Waals surface area contributed by atoms with Crippen molar-refractivity contribution in [3.05, 3.63) is 50.9 Å². The van der Waals surface area contributed by atoms with E-state index < -0.39 is 11.6 Å². The Labute approximate surface area is 133 Å². The second kappa shape index (κ2) is 5.91. The van der Waals surface area contributed by atoms with E-state index in [9.17, 15) is 8.78 Å². The zero-order chi connectivity index (χ0) is 15.0. The molecule has 2 aromatic heterocycles. The van der Waals surface area contributed by atoms with E-state index in [4.69, 9.17) is 23.2 Å². The summed E-state index contributed by atoms with van der Waals surface area (Å²) < 4.78 is 29.8. The summed E-state index contributed by atoms with van der Waals surface area (Å²) in [5.41, 5.74) is 0.571. The fourth-order valence-corrected chi connectivity index (χ4v) is 3.54. The van der Waals surface area contributed by atoms with E-state index in [1.807, 2.05) is 12.1 Å². The van der Waals surface area contributed by atoms with E-state index in [2.05, 4.69) is 4.98 Å². The number of hydrogen-bond donors (Lipinski definition) is 0. The summed E-state index contributed by atoms with van der Waals surface area (Å²) in [6.07, 6.45) is 0.655. The van der Waals surface area contributed by atoms with Crippen LogP contribution in [0.1, 0.15) is 10.7 Å². The Kier molecular flexibility index (Phi) is 4.15. The number of fused-ring (bicyclic) bond motifs is 1. The molecule has 0 aliphatic carbocycles. The first-order valence-corrected chi connectivity index (χ1v) is 7.96. The summed E-state index contributed by atoms with van der Waals surface area (Å²) in [5, 5.41) is 0. The Morgan fingerprint density at radius 1 is 1.19 bits per heavy atom. The number of aromatic nitrogens is 2. The molecule has 3 rings (SSSR count). The smallest absolute Gasteiger partial charge is 0.184 e. The van der Waals surface area contributed by atoms with Crippen molar-refractivity contribution in [2.24, 2.45) is 0 Å². The minimum absolute atomic E-state index is 0.140. The van der Waals surface area contributed by atoms with Crippen LogP contribution in [0.4, 0.5) is 8.78 Å². The van der Waals surface area contributed by atoms with Crippen LogP contribution < -0.4 is 0 Å². The molecule has 0 saturated carbocycles. The fourth-order valence-electron chi connectivity index (χ4n) is 2.26. The molecule has 0 N–H and O–H groups in total. The Morgan fingerprint density at radius 2 is 2.00 bits per heavy atom. The summed E-state index contributed by atoms with van der Waals surface area (Å²) >= 11 is 13.2. The third-order valence-electron chi connectivity index (χ3n) is 3.21. The van der Waals surface area contributed by atoms with Crippen molar-refractivity contribution in [1.82, 2.24) is 9.55 Å². The van der Waals surface area contributed by atoms with Gasteiger partial charge in [0.25, 0.3) is 0 Å². The maximum absolute atomic E-state index is 14.0. The Balaban J connectivity index is 2.01. The lowest BCUT2D eigenvalue weighted by Crippen LogP contribution is -2.06. The van der Waals surface area contributed by atoms with E-state index in [0.29, 0.717) is 28.6 Å². The SMILES string of the molecule is Fc1ccc2nc(CCl)n(CCc3ccc(Cl)s3)c2c1F. The molecule has 3 aromatic rings. The number of halogens is 4. The molecular formula is C14H10Cl2F2N2S. The minimum Gasteiger partial charge on any atom is -0.324 e. The van der Waals surface area contributed by atoms with Gasteiger partial charge in [0.2, 0.25) is 0 Å². The van der Waals surface area contributed by atoms with E-state index in [1.165, 1.54) is 17.4 Å². The summed E-state index contributed by atoms with van der Waals surface area (Å²) in [6.45, 7) is 0.468. The zero-order valence-electron chi connectivity index (χ0n) is 10.7. The Bertz CT molecular complexity index is 798. The molecule has 0 spiro atoms. The monoisotopic (exact) mass is 346 g/mol. The molecule has 0 unspecified atom stereocenters. The number of alkyl halides is 1. The van der Waals surface area contributed by atoms with Crippen molar-refractivity contribution < 1.29 is 8.78 Å². The van der Waals surface area contributed by atoms with Crippen molar-refractivity contribution in [1.29, 1.82) is 0 Å². The second-order valence-electron chi connectivity index (χ2n) is 4.50. The molecule has 0 bridgehead atoms. The number of benzene rings is 1. The number of imidazole rings is 1. The zero-order valence-corrected chi connectivity index (χ0v) is 13.1. The van der Waals surface area contributed by atoms with Crippen LogP contribution in [0.2, 0.25) is 4.34 Å². The first-order valence-electron chi connectivity index (χ1n) is 6.23. The molecule has 2 nitrogen and oxygen atoms in total. The molecule has 21 heavy (non-hydrogen) atoms. The van der Waals surface area contributed by atoms with Crippen LogP contribution in [0.3, 0.4) is 0 Å². The fraction of sp³-hybridized carbons (Fsp3) is 0.214. The van der Waals surface area contributed by atoms with Gasteiger partial charge in [-0.25, -0.2) is 13.8 Å².